The maximum absolute atomic E-state index is 13.7. The summed E-state index contributed by atoms with van der Waals surface area (Å²) in [5.41, 5.74) is 4.35. The fourth-order valence-corrected chi connectivity index (χ4v) is 4.59. The molecule has 2 aromatic rings. The van der Waals surface area contributed by atoms with Crippen molar-refractivity contribution in [3.63, 3.8) is 0 Å². The highest BCUT2D eigenvalue weighted by Gasteiger charge is 2.36. The van der Waals surface area contributed by atoms with Crippen LogP contribution in [0.3, 0.4) is 0 Å². The van der Waals surface area contributed by atoms with Gasteiger partial charge in [-0.25, -0.2) is 19.2 Å². The fraction of sp³-hybridized carbons (Fsp3) is 0.500. The summed E-state index contributed by atoms with van der Waals surface area (Å²) in [5, 5.41) is 1.44. The molecule has 1 N–H and O–H groups in total. The van der Waals surface area contributed by atoms with E-state index in [0.717, 1.165) is 11.3 Å². The summed E-state index contributed by atoms with van der Waals surface area (Å²) < 4.78 is 18.8. The lowest BCUT2D eigenvalue weighted by Gasteiger charge is -2.39. The van der Waals surface area contributed by atoms with E-state index in [1.165, 1.54) is 35.6 Å². The second-order valence-electron chi connectivity index (χ2n) is 10.3. The monoisotopic (exact) mass is 497 g/mol. The molecule has 10 heteroatoms. The number of piperidine rings is 1. The molecule has 1 aromatic carbocycles. The molecule has 192 valence electrons. The zero-order valence-electron chi connectivity index (χ0n) is 20.9. The first-order valence-corrected chi connectivity index (χ1v) is 12.3. The molecular weight excluding hydrogens is 465 g/mol. The van der Waals surface area contributed by atoms with Crippen LogP contribution in [0.1, 0.15) is 61.6 Å². The number of rotatable bonds is 3. The second kappa shape index (κ2) is 10.6. The Balaban J connectivity index is 1.48. The van der Waals surface area contributed by atoms with Crippen molar-refractivity contribution in [2.75, 3.05) is 13.1 Å². The van der Waals surface area contributed by atoms with Crippen molar-refractivity contribution in [1.82, 2.24) is 25.3 Å². The molecule has 0 bridgehead atoms. The number of carbonyl (C=O) groups excluding carboxylic acids is 3. The zero-order chi connectivity index (χ0) is 25.9. The number of amides is 3. The molecule has 3 amide bonds. The van der Waals surface area contributed by atoms with Crippen molar-refractivity contribution in [2.45, 2.75) is 64.5 Å². The highest BCUT2D eigenvalue weighted by atomic mass is 19.1. The van der Waals surface area contributed by atoms with Gasteiger partial charge >= 0.3 is 6.09 Å². The number of likely N-dealkylation sites (tertiary alicyclic amines) is 1. The Kier molecular flexibility index (Phi) is 7.51. The standard InChI is InChI=1S/C26H32FN5O4/c1-26(2,3)36-25(35)31-12-10-18(11-13-31)24(34)32(30-23(33)17-4-6-20(27)7-5-17)21-8-9-22-19(14-21)15-28-16-29-22/h4-7,15-16,18,21H,8-14H2,1-3H3,(H,30,33). The minimum atomic E-state index is -0.591. The molecule has 1 atom stereocenters. The van der Waals surface area contributed by atoms with Crippen molar-refractivity contribution >= 4 is 17.9 Å². The Morgan fingerprint density at radius 2 is 1.81 bits per heavy atom. The molecule has 1 aliphatic carbocycles. The largest absolute Gasteiger partial charge is 0.444 e. The molecule has 2 aliphatic rings. The first-order chi connectivity index (χ1) is 17.1. The van der Waals surface area contributed by atoms with Crippen molar-refractivity contribution in [3.05, 3.63) is 59.4 Å². The van der Waals surface area contributed by atoms with Crippen molar-refractivity contribution in [3.8, 4) is 0 Å². The topological polar surface area (TPSA) is 105 Å². The molecular formula is C26H32FN5O4. The minimum Gasteiger partial charge on any atom is -0.444 e. The number of nitrogens with zero attached hydrogens (tertiary/aromatic N) is 4. The van der Waals surface area contributed by atoms with Crippen LogP contribution in [0.15, 0.2) is 36.8 Å². The Labute approximate surface area is 210 Å². The van der Waals surface area contributed by atoms with Gasteiger partial charge in [0, 0.05) is 36.5 Å². The van der Waals surface area contributed by atoms with E-state index in [0.29, 0.717) is 45.2 Å². The van der Waals surface area contributed by atoms with E-state index in [4.69, 9.17) is 4.74 Å². The number of benzene rings is 1. The Bertz CT molecular complexity index is 1110. The predicted octanol–water partition coefficient (Wildman–Crippen LogP) is 3.29. The average Bonchev–Trinajstić information content (AvgIpc) is 2.86. The van der Waals surface area contributed by atoms with Gasteiger partial charge in [0.05, 0.1) is 6.04 Å². The zero-order valence-corrected chi connectivity index (χ0v) is 20.9. The summed E-state index contributed by atoms with van der Waals surface area (Å²) in [5.74, 6) is -1.48. The summed E-state index contributed by atoms with van der Waals surface area (Å²) in [7, 11) is 0. The van der Waals surface area contributed by atoms with Gasteiger partial charge in [0.15, 0.2) is 0 Å². The van der Waals surface area contributed by atoms with E-state index in [-0.39, 0.29) is 23.4 Å². The third kappa shape index (κ3) is 6.16. The van der Waals surface area contributed by atoms with E-state index in [9.17, 15) is 18.8 Å². The molecule has 4 rings (SSSR count). The normalized spacial score (nSPS) is 18.2. The van der Waals surface area contributed by atoms with E-state index < -0.39 is 23.4 Å². The maximum atomic E-state index is 13.7. The van der Waals surface area contributed by atoms with Gasteiger partial charge in [-0.3, -0.25) is 20.0 Å². The van der Waals surface area contributed by atoms with Crippen molar-refractivity contribution in [1.29, 1.82) is 0 Å². The Morgan fingerprint density at radius 3 is 2.47 bits per heavy atom. The van der Waals surface area contributed by atoms with E-state index in [1.807, 2.05) is 20.8 Å². The summed E-state index contributed by atoms with van der Waals surface area (Å²) >= 11 is 0. The number of hydrogen-bond donors (Lipinski definition) is 1. The third-order valence-corrected chi connectivity index (χ3v) is 6.48. The molecule has 1 fully saturated rings. The average molecular weight is 498 g/mol. The molecule has 0 radical (unpaired) electrons. The van der Waals surface area contributed by atoms with E-state index >= 15 is 0 Å². The number of hydrogen-bond acceptors (Lipinski definition) is 6. The molecule has 1 unspecified atom stereocenters. The molecule has 9 nitrogen and oxygen atoms in total. The number of nitrogens with one attached hydrogen (secondary N) is 1. The van der Waals surface area contributed by atoms with Gasteiger partial charge in [-0.2, -0.15) is 0 Å². The molecule has 1 aromatic heterocycles. The second-order valence-corrected chi connectivity index (χ2v) is 10.3. The van der Waals surface area contributed by atoms with E-state index in [1.54, 1.807) is 11.1 Å². The summed E-state index contributed by atoms with van der Waals surface area (Å²) in [4.78, 5) is 49.2. The van der Waals surface area contributed by atoms with Crippen LogP contribution in [-0.2, 0) is 22.4 Å². The number of hydrazine groups is 1. The molecule has 36 heavy (non-hydrogen) atoms. The van der Waals surface area contributed by atoms with E-state index in [2.05, 4.69) is 15.4 Å². The van der Waals surface area contributed by atoms with Crippen LogP contribution in [-0.4, -0.2) is 62.5 Å². The highest BCUT2D eigenvalue weighted by molar-refractivity contribution is 5.95. The van der Waals surface area contributed by atoms with Crippen LogP contribution in [0.5, 0.6) is 0 Å². The van der Waals surface area contributed by atoms with Crippen molar-refractivity contribution < 1.29 is 23.5 Å². The number of fused-ring (bicyclic) bond motifs is 1. The smallest absolute Gasteiger partial charge is 0.410 e. The number of aromatic nitrogens is 2. The van der Waals surface area contributed by atoms with Crippen LogP contribution in [0.4, 0.5) is 9.18 Å². The Hall–Kier alpha value is -3.56. The lowest BCUT2D eigenvalue weighted by atomic mass is 9.90. The van der Waals surface area contributed by atoms with Gasteiger partial charge in [-0.05, 0) is 82.7 Å². The summed E-state index contributed by atoms with van der Waals surface area (Å²) in [6, 6.07) is 4.92. The van der Waals surface area contributed by atoms with Gasteiger partial charge < -0.3 is 9.64 Å². The fourth-order valence-electron chi connectivity index (χ4n) is 4.59. The molecule has 1 saturated heterocycles. The highest BCUT2D eigenvalue weighted by Crippen LogP contribution is 2.26. The SMILES string of the molecule is CC(C)(C)OC(=O)N1CCC(C(=O)N(NC(=O)c2ccc(F)cc2)C2CCc3ncncc3C2)CC1. The van der Waals surface area contributed by atoms with Gasteiger partial charge in [-0.1, -0.05) is 0 Å². The first-order valence-electron chi connectivity index (χ1n) is 12.3. The first kappa shape index (κ1) is 25.5. The van der Waals surface area contributed by atoms with Gasteiger partial charge in [0.2, 0.25) is 5.91 Å². The van der Waals surface area contributed by atoms with Crippen LogP contribution in [0.2, 0.25) is 0 Å². The Morgan fingerprint density at radius 1 is 1.11 bits per heavy atom. The van der Waals surface area contributed by atoms with Crippen LogP contribution in [0, 0.1) is 11.7 Å². The molecule has 0 spiro atoms. The number of ether oxygens (including phenoxy) is 1. The summed E-state index contributed by atoms with van der Waals surface area (Å²) in [6.45, 7) is 6.24. The number of halogens is 1. The van der Waals surface area contributed by atoms with Gasteiger partial charge in [-0.15, -0.1) is 0 Å². The molecule has 0 saturated carbocycles. The molecule has 2 heterocycles. The third-order valence-electron chi connectivity index (χ3n) is 6.48. The number of carbonyl (C=O) groups is 3. The lowest BCUT2D eigenvalue weighted by molar-refractivity contribution is -0.142. The van der Waals surface area contributed by atoms with Gasteiger partial charge in [0.1, 0.15) is 17.7 Å². The quantitative estimate of drug-likeness (QED) is 0.653. The van der Waals surface area contributed by atoms with Crippen LogP contribution < -0.4 is 5.43 Å². The lowest BCUT2D eigenvalue weighted by Crippen LogP contribution is -2.56. The summed E-state index contributed by atoms with van der Waals surface area (Å²) in [6.07, 6.45) is 5.61. The van der Waals surface area contributed by atoms with Crippen LogP contribution >= 0.6 is 0 Å². The van der Waals surface area contributed by atoms with Gasteiger partial charge in [0.25, 0.3) is 5.91 Å². The molecule has 1 aliphatic heterocycles. The maximum Gasteiger partial charge on any atom is 0.410 e. The van der Waals surface area contributed by atoms with Crippen LogP contribution in [0.25, 0.3) is 0 Å². The predicted molar refractivity (Wildman–Crippen MR) is 129 cm³/mol. The minimum absolute atomic E-state index is 0.195. The van der Waals surface area contributed by atoms with Crippen molar-refractivity contribution in [2.24, 2.45) is 5.92 Å². The number of aryl methyl sites for hydroxylation is 1.